The molecule has 1 aromatic rings. The second-order valence-corrected chi connectivity index (χ2v) is 5.77. The maximum absolute atomic E-state index is 13.6. The number of anilines is 1. The van der Waals surface area contributed by atoms with E-state index >= 15 is 0 Å². The van der Waals surface area contributed by atoms with Gasteiger partial charge in [0, 0.05) is 28.3 Å². The number of halogens is 1. The van der Waals surface area contributed by atoms with Crippen LogP contribution in [0.4, 0.5) is 10.1 Å². The van der Waals surface area contributed by atoms with E-state index in [0.29, 0.717) is 22.8 Å². The number of nitrogens with one attached hydrogen (secondary N) is 1. The Labute approximate surface area is 102 Å². The third-order valence-corrected chi connectivity index (χ3v) is 4.23. The van der Waals surface area contributed by atoms with Gasteiger partial charge in [-0.1, -0.05) is 0 Å². The van der Waals surface area contributed by atoms with Crippen molar-refractivity contribution in [2.24, 2.45) is 0 Å². The van der Waals surface area contributed by atoms with Gasteiger partial charge in [0.15, 0.2) is 0 Å². The first-order chi connectivity index (χ1) is 8.19. The topological polar surface area (TPSA) is 52.9 Å². The average Bonchev–Trinajstić information content (AvgIpc) is 2.34. The monoisotopic (exact) mass is 252 g/mol. The molecule has 0 spiro atoms. The van der Waals surface area contributed by atoms with Crippen molar-refractivity contribution >= 4 is 16.5 Å². The van der Waals surface area contributed by atoms with Crippen molar-refractivity contribution in [3.8, 4) is 6.07 Å². The van der Waals surface area contributed by atoms with Gasteiger partial charge in [-0.3, -0.25) is 4.21 Å². The van der Waals surface area contributed by atoms with Gasteiger partial charge in [0.25, 0.3) is 0 Å². The van der Waals surface area contributed by atoms with Crippen molar-refractivity contribution in [2.75, 3.05) is 16.8 Å². The van der Waals surface area contributed by atoms with E-state index < -0.39 is 16.6 Å². The van der Waals surface area contributed by atoms with E-state index in [1.807, 2.05) is 6.07 Å². The Morgan fingerprint density at radius 1 is 1.41 bits per heavy atom. The molecule has 5 heteroatoms. The summed E-state index contributed by atoms with van der Waals surface area (Å²) in [6.45, 7) is 0. The lowest BCUT2D eigenvalue weighted by Gasteiger charge is -2.23. The fourth-order valence-electron chi connectivity index (χ4n) is 1.86. The molecule has 1 N–H and O–H groups in total. The fourth-order valence-corrected chi connectivity index (χ4v) is 3.16. The SMILES string of the molecule is N#Cc1ccc(NC2CCS(=O)CC2)c(F)c1. The predicted molar refractivity (Wildman–Crippen MR) is 65.6 cm³/mol. The number of nitriles is 1. The number of benzene rings is 1. The number of hydrogen-bond donors (Lipinski definition) is 1. The molecule has 0 unspecified atom stereocenters. The number of nitrogens with zero attached hydrogens (tertiary/aromatic N) is 1. The quantitative estimate of drug-likeness (QED) is 0.876. The molecule has 0 aliphatic carbocycles. The third kappa shape index (κ3) is 3.04. The van der Waals surface area contributed by atoms with Crippen LogP contribution >= 0.6 is 0 Å². The lowest BCUT2D eigenvalue weighted by Crippen LogP contribution is -2.29. The van der Waals surface area contributed by atoms with Crippen LogP contribution < -0.4 is 5.32 Å². The standard InChI is InChI=1S/C12H13FN2OS/c13-11-7-9(8-14)1-2-12(11)15-10-3-5-17(16)6-4-10/h1-2,7,10,15H,3-6H2. The van der Waals surface area contributed by atoms with Crippen molar-refractivity contribution in [2.45, 2.75) is 18.9 Å². The second-order valence-electron chi connectivity index (χ2n) is 4.07. The molecule has 1 fully saturated rings. The van der Waals surface area contributed by atoms with E-state index in [1.165, 1.54) is 6.07 Å². The summed E-state index contributed by atoms with van der Waals surface area (Å²) in [5.41, 5.74) is 0.736. The zero-order valence-electron chi connectivity index (χ0n) is 9.28. The first kappa shape index (κ1) is 12.1. The molecule has 0 amide bonds. The zero-order chi connectivity index (χ0) is 12.3. The zero-order valence-corrected chi connectivity index (χ0v) is 10.1. The summed E-state index contributed by atoms with van der Waals surface area (Å²) in [6.07, 6.45) is 1.60. The van der Waals surface area contributed by atoms with Gasteiger partial charge >= 0.3 is 0 Å². The van der Waals surface area contributed by atoms with Crippen molar-refractivity contribution in [1.29, 1.82) is 5.26 Å². The van der Waals surface area contributed by atoms with E-state index in [-0.39, 0.29) is 6.04 Å². The molecule has 0 saturated carbocycles. The predicted octanol–water partition coefficient (Wildman–Crippen LogP) is 2.02. The molecular formula is C12H13FN2OS. The molecule has 0 aromatic heterocycles. The molecule has 1 heterocycles. The summed E-state index contributed by atoms with van der Waals surface area (Å²) in [4.78, 5) is 0. The van der Waals surface area contributed by atoms with Gasteiger partial charge in [-0.2, -0.15) is 5.26 Å². The van der Waals surface area contributed by atoms with Crippen molar-refractivity contribution in [1.82, 2.24) is 0 Å². The Morgan fingerprint density at radius 3 is 2.71 bits per heavy atom. The molecule has 1 aliphatic rings. The van der Waals surface area contributed by atoms with Crippen LogP contribution in [0.2, 0.25) is 0 Å². The van der Waals surface area contributed by atoms with Gasteiger partial charge in [0.2, 0.25) is 0 Å². The third-order valence-electron chi connectivity index (χ3n) is 2.85. The van der Waals surface area contributed by atoms with E-state index in [2.05, 4.69) is 5.32 Å². The molecule has 17 heavy (non-hydrogen) atoms. The summed E-state index contributed by atoms with van der Waals surface area (Å²) in [7, 11) is -0.706. The molecule has 0 atom stereocenters. The van der Waals surface area contributed by atoms with E-state index in [9.17, 15) is 8.60 Å². The van der Waals surface area contributed by atoms with E-state index in [0.717, 1.165) is 12.8 Å². The molecular weight excluding hydrogens is 239 g/mol. The lowest BCUT2D eigenvalue weighted by molar-refractivity contribution is 0.604. The maximum atomic E-state index is 13.6. The molecule has 90 valence electrons. The summed E-state index contributed by atoms with van der Waals surface area (Å²) in [5, 5.41) is 11.7. The number of hydrogen-bond acceptors (Lipinski definition) is 3. The first-order valence-corrected chi connectivity index (χ1v) is 6.99. The highest BCUT2D eigenvalue weighted by Crippen LogP contribution is 2.20. The Balaban J connectivity index is 2.04. The van der Waals surface area contributed by atoms with Crippen LogP contribution in [-0.2, 0) is 10.8 Å². The van der Waals surface area contributed by atoms with Crippen molar-refractivity contribution < 1.29 is 8.60 Å². The molecule has 0 radical (unpaired) electrons. The summed E-state index contributed by atoms with van der Waals surface area (Å²) >= 11 is 0. The van der Waals surface area contributed by atoms with Crippen LogP contribution in [0.5, 0.6) is 0 Å². The molecule has 0 bridgehead atoms. The largest absolute Gasteiger partial charge is 0.380 e. The normalized spacial score (nSPS) is 24.0. The second kappa shape index (κ2) is 5.28. The van der Waals surface area contributed by atoms with E-state index in [4.69, 9.17) is 5.26 Å². The lowest BCUT2D eigenvalue weighted by atomic mass is 10.1. The highest BCUT2D eigenvalue weighted by atomic mass is 32.2. The highest BCUT2D eigenvalue weighted by Gasteiger charge is 2.18. The van der Waals surface area contributed by atoms with Crippen LogP contribution in [0.1, 0.15) is 18.4 Å². The average molecular weight is 252 g/mol. The summed E-state index contributed by atoms with van der Waals surface area (Å²) in [5.74, 6) is 0.946. The van der Waals surface area contributed by atoms with Gasteiger partial charge in [-0.05, 0) is 31.0 Å². The van der Waals surface area contributed by atoms with E-state index in [1.54, 1.807) is 12.1 Å². The molecule has 1 aliphatic heterocycles. The maximum Gasteiger partial charge on any atom is 0.147 e. The Bertz CT molecular complexity index is 474. The van der Waals surface area contributed by atoms with Gasteiger partial charge in [0.1, 0.15) is 5.82 Å². The van der Waals surface area contributed by atoms with Crippen LogP contribution in [-0.4, -0.2) is 21.8 Å². The summed E-state index contributed by atoms with van der Waals surface area (Å²) < 4.78 is 24.8. The Hall–Kier alpha value is -1.41. The Morgan fingerprint density at radius 2 is 2.12 bits per heavy atom. The minimum atomic E-state index is -0.706. The van der Waals surface area contributed by atoms with Gasteiger partial charge in [-0.15, -0.1) is 0 Å². The molecule has 2 rings (SSSR count). The molecule has 1 saturated heterocycles. The van der Waals surface area contributed by atoms with Crippen LogP contribution in [0.3, 0.4) is 0 Å². The van der Waals surface area contributed by atoms with Crippen LogP contribution in [0.25, 0.3) is 0 Å². The Kier molecular flexibility index (Phi) is 3.75. The van der Waals surface area contributed by atoms with Crippen molar-refractivity contribution in [3.05, 3.63) is 29.6 Å². The molecule has 3 nitrogen and oxygen atoms in total. The molecule has 1 aromatic carbocycles. The first-order valence-electron chi connectivity index (χ1n) is 5.50. The van der Waals surface area contributed by atoms with Crippen LogP contribution in [0.15, 0.2) is 18.2 Å². The number of rotatable bonds is 2. The van der Waals surface area contributed by atoms with Gasteiger partial charge in [-0.25, -0.2) is 4.39 Å². The summed E-state index contributed by atoms with van der Waals surface area (Å²) in [6, 6.07) is 6.47. The fraction of sp³-hybridized carbons (Fsp3) is 0.417. The van der Waals surface area contributed by atoms with Crippen molar-refractivity contribution in [3.63, 3.8) is 0 Å². The van der Waals surface area contributed by atoms with Crippen LogP contribution in [0, 0.1) is 17.1 Å². The van der Waals surface area contributed by atoms with Gasteiger partial charge in [0.05, 0.1) is 17.3 Å². The van der Waals surface area contributed by atoms with Gasteiger partial charge < -0.3 is 5.32 Å². The highest BCUT2D eigenvalue weighted by molar-refractivity contribution is 7.85. The minimum absolute atomic E-state index is 0.176. The smallest absolute Gasteiger partial charge is 0.147 e. The minimum Gasteiger partial charge on any atom is -0.380 e.